The number of benzene rings is 1. The van der Waals surface area contributed by atoms with E-state index in [1.807, 2.05) is 37.3 Å². The van der Waals surface area contributed by atoms with Crippen LogP contribution in [0.15, 0.2) is 30.3 Å². The van der Waals surface area contributed by atoms with Crippen LogP contribution in [0.5, 0.6) is 0 Å². The minimum absolute atomic E-state index is 0.175. The number of carbonyl (C=O) groups excluding carboxylic acids is 1. The molecule has 1 aromatic rings. The molecule has 0 bridgehead atoms. The van der Waals surface area contributed by atoms with Crippen molar-refractivity contribution >= 4 is 5.97 Å². The molecular formula is C11H13NO2. The van der Waals surface area contributed by atoms with E-state index in [2.05, 4.69) is 5.32 Å². The summed E-state index contributed by atoms with van der Waals surface area (Å²) in [6, 6.07) is 9.67. The van der Waals surface area contributed by atoms with Crippen molar-refractivity contribution in [2.24, 2.45) is 0 Å². The second kappa shape index (κ2) is 3.42. The Balaban J connectivity index is 2.21. The molecule has 0 aromatic heterocycles. The number of hydrogen-bond donors (Lipinski definition) is 1. The molecule has 1 aliphatic rings. The van der Waals surface area contributed by atoms with Crippen molar-refractivity contribution in [2.45, 2.75) is 12.5 Å². The van der Waals surface area contributed by atoms with Gasteiger partial charge in [-0.2, -0.15) is 0 Å². The molecule has 0 spiro atoms. The largest absolute Gasteiger partial charge is 0.464 e. The van der Waals surface area contributed by atoms with Gasteiger partial charge in [-0.15, -0.1) is 0 Å². The van der Waals surface area contributed by atoms with Gasteiger partial charge in [0.05, 0.1) is 6.61 Å². The van der Waals surface area contributed by atoms with Gasteiger partial charge in [-0.3, -0.25) is 5.32 Å². The maximum absolute atomic E-state index is 11.6. The Morgan fingerprint density at radius 1 is 1.50 bits per heavy atom. The highest BCUT2D eigenvalue weighted by molar-refractivity contribution is 5.86. The summed E-state index contributed by atoms with van der Waals surface area (Å²) in [7, 11) is 0. The molecular weight excluding hydrogens is 178 g/mol. The number of esters is 1. The molecule has 3 nitrogen and oxygen atoms in total. The van der Waals surface area contributed by atoms with Crippen molar-refractivity contribution in [3.63, 3.8) is 0 Å². The van der Waals surface area contributed by atoms with E-state index in [9.17, 15) is 4.79 Å². The van der Waals surface area contributed by atoms with Crippen LogP contribution in [0.2, 0.25) is 0 Å². The third-order valence-corrected chi connectivity index (χ3v) is 2.42. The fourth-order valence-corrected chi connectivity index (χ4v) is 1.53. The number of nitrogens with one attached hydrogen (secondary N) is 1. The van der Waals surface area contributed by atoms with Crippen molar-refractivity contribution in [1.29, 1.82) is 0 Å². The Hall–Kier alpha value is -1.35. The predicted octanol–water partition coefficient (Wildman–Crippen LogP) is 1.05. The lowest BCUT2D eigenvalue weighted by Crippen LogP contribution is -2.27. The van der Waals surface area contributed by atoms with Crippen LogP contribution in [0.1, 0.15) is 12.5 Å². The maximum atomic E-state index is 11.6. The molecule has 74 valence electrons. The Kier molecular flexibility index (Phi) is 2.25. The van der Waals surface area contributed by atoms with E-state index in [1.165, 1.54) is 0 Å². The van der Waals surface area contributed by atoms with E-state index >= 15 is 0 Å². The lowest BCUT2D eigenvalue weighted by Gasteiger charge is -2.12. The van der Waals surface area contributed by atoms with E-state index in [0.717, 1.165) is 5.56 Å². The summed E-state index contributed by atoms with van der Waals surface area (Å²) in [5.41, 5.74) is 0.426. The molecule has 0 saturated carbocycles. The molecule has 1 saturated heterocycles. The van der Waals surface area contributed by atoms with Gasteiger partial charge in [0.15, 0.2) is 5.54 Å². The Labute approximate surface area is 83.1 Å². The highest BCUT2D eigenvalue weighted by Crippen LogP contribution is 2.31. The highest BCUT2D eigenvalue weighted by atomic mass is 16.5. The normalized spacial score (nSPS) is 24.4. The summed E-state index contributed by atoms with van der Waals surface area (Å²) < 4.78 is 5.02. The molecule has 14 heavy (non-hydrogen) atoms. The summed E-state index contributed by atoms with van der Waals surface area (Å²) in [5.74, 6) is -0.175. The third kappa shape index (κ3) is 1.40. The van der Waals surface area contributed by atoms with Crippen LogP contribution >= 0.6 is 0 Å². The van der Waals surface area contributed by atoms with Crippen LogP contribution in [-0.2, 0) is 15.1 Å². The monoisotopic (exact) mass is 191 g/mol. The average molecular weight is 191 g/mol. The van der Waals surface area contributed by atoms with Gasteiger partial charge in [-0.1, -0.05) is 30.3 Å². The highest BCUT2D eigenvalue weighted by Gasteiger charge is 2.52. The molecule has 3 heteroatoms. The standard InChI is InChI=1S/C11H13NO2/c1-2-14-10(13)11(8-12-11)9-6-4-3-5-7-9/h3-7,12H,2,8H2,1H3/t11-/m0/s1. The second-order valence-corrected chi connectivity index (χ2v) is 3.35. The SMILES string of the molecule is CCOC(=O)[C@@]1(c2ccccc2)CN1. The van der Waals surface area contributed by atoms with Crippen molar-refractivity contribution in [1.82, 2.24) is 5.32 Å². The number of hydrogen-bond acceptors (Lipinski definition) is 3. The zero-order chi connectivity index (χ0) is 10.0. The number of rotatable bonds is 3. The van der Waals surface area contributed by atoms with Gasteiger partial charge in [0.2, 0.25) is 0 Å². The molecule has 0 aliphatic carbocycles. The maximum Gasteiger partial charge on any atom is 0.332 e. The summed E-state index contributed by atoms with van der Waals surface area (Å²) in [6.07, 6.45) is 0. The third-order valence-electron chi connectivity index (χ3n) is 2.42. The van der Waals surface area contributed by atoms with Gasteiger partial charge in [-0.05, 0) is 12.5 Å². The Morgan fingerprint density at radius 3 is 2.64 bits per heavy atom. The van der Waals surface area contributed by atoms with Gasteiger partial charge in [-0.25, -0.2) is 4.79 Å². The Morgan fingerprint density at radius 2 is 2.14 bits per heavy atom. The average Bonchev–Trinajstić information content (AvgIpc) is 3.00. The first-order valence-corrected chi connectivity index (χ1v) is 4.77. The van der Waals surface area contributed by atoms with E-state index in [0.29, 0.717) is 13.2 Å². The molecule has 0 unspecified atom stereocenters. The zero-order valence-corrected chi connectivity index (χ0v) is 8.12. The molecule has 1 aromatic carbocycles. The van der Waals surface area contributed by atoms with Crippen LogP contribution in [0.4, 0.5) is 0 Å². The molecule has 1 heterocycles. The Bertz CT molecular complexity index is 330. The first kappa shape index (κ1) is 9.21. The van der Waals surface area contributed by atoms with E-state index in [-0.39, 0.29) is 5.97 Å². The van der Waals surface area contributed by atoms with Crippen molar-refractivity contribution in [2.75, 3.05) is 13.2 Å². The predicted molar refractivity (Wildman–Crippen MR) is 52.8 cm³/mol. The van der Waals surface area contributed by atoms with Gasteiger partial charge in [0.25, 0.3) is 0 Å². The van der Waals surface area contributed by atoms with Crippen LogP contribution in [0.3, 0.4) is 0 Å². The summed E-state index contributed by atoms with van der Waals surface area (Å²) in [5, 5.41) is 3.07. The summed E-state index contributed by atoms with van der Waals surface area (Å²) in [6.45, 7) is 2.92. The first-order valence-electron chi connectivity index (χ1n) is 4.77. The zero-order valence-electron chi connectivity index (χ0n) is 8.12. The van der Waals surface area contributed by atoms with E-state index < -0.39 is 5.54 Å². The number of ether oxygens (including phenoxy) is 1. The van der Waals surface area contributed by atoms with Crippen molar-refractivity contribution < 1.29 is 9.53 Å². The minimum Gasteiger partial charge on any atom is -0.464 e. The van der Waals surface area contributed by atoms with Crippen LogP contribution in [0.25, 0.3) is 0 Å². The molecule has 0 radical (unpaired) electrons. The molecule has 2 rings (SSSR count). The molecule has 1 aliphatic heterocycles. The summed E-state index contributed by atoms with van der Waals surface area (Å²) >= 11 is 0. The fraction of sp³-hybridized carbons (Fsp3) is 0.364. The van der Waals surface area contributed by atoms with Crippen LogP contribution in [0, 0.1) is 0 Å². The first-order chi connectivity index (χ1) is 6.79. The van der Waals surface area contributed by atoms with E-state index in [4.69, 9.17) is 4.74 Å². The summed E-state index contributed by atoms with van der Waals surface area (Å²) in [4.78, 5) is 11.6. The van der Waals surface area contributed by atoms with Crippen molar-refractivity contribution in [3.8, 4) is 0 Å². The van der Waals surface area contributed by atoms with E-state index in [1.54, 1.807) is 0 Å². The lowest BCUT2D eigenvalue weighted by atomic mass is 10.00. The lowest BCUT2D eigenvalue weighted by molar-refractivity contribution is -0.146. The van der Waals surface area contributed by atoms with Crippen molar-refractivity contribution in [3.05, 3.63) is 35.9 Å². The number of carbonyl (C=O) groups is 1. The van der Waals surface area contributed by atoms with Crippen LogP contribution < -0.4 is 5.32 Å². The molecule has 1 fully saturated rings. The molecule has 1 atom stereocenters. The molecule has 1 N–H and O–H groups in total. The molecule has 0 amide bonds. The smallest absolute Gasteiger partial charge is 0.332 e. The van der Waals surface area contributed by atoms with Gasteiger partial charge in [0.1, 0.15) is 0 Å². The fourth-order valence-electron chi connectivity index (χ4n) is 1.53. The second-order valence-electron chi connectivity index (χ2n) is 3.35. The minimum atomic E-state index is -0.558. The van der Waals surface area contributed by atoms with Gasteiger partial charge < -0.3 is 4.74 Å². The van der Waals surface area contributed by atoms with Gasteiger partial charge in [0, 0.05) is 6.54 Å². The topological polar surface area (TPSA) is 48.2 Å². The van der Waals surface area contributed by atoms with Gasteiger partial charge >= 0.3 is 5.97 Å². The quantitative estimate of drug-likeness (QED) is 0.573. The van der Waals surface area contributed by atoms with Crippen LogP contribution in [-0.4, -0.2) is 19.1 Å².